The van der Waals surface area contributed by atoms with Crippen LogP contribution in [0.2, 0.25) is 0 Å². The summed E-state index contributed by atoms with van der Waals surface area (Å²) >= 11 is 0. The summed E-state index contributed by atoms with van der Waals surface area (Å²) in [6.45, 7) is 3.36. The van der Waals surface area contributed by atoms with Crippen molar-refractivity contribution < 1.29 is 18.7 Å². The molecule has 0 spiro atoms. The van der Waals surface area contributed by atoms with Crippen LogP contribution in [0.3, 0.4) is 0 Å². The molecule has 3 rings (SSSR count). The lowest BCUT2D eigenvalue weighted by molar-refractivity contribution is -0.131. The highest BCUT2D eigenvalue weighted by molar-refractivity contribution is 6.02. The van der Waals surface area contributed by atoms with Crippen LogP contribution in [0.5, 0.6) is 0 Å². The fraction of sp³-hybridized carbons (Fsp3) is 0.429. The smallest absolute Gasteiger partial charge is 0.291 e. The normalized spacial score (nSPS) is 16.0. The van der Waals surface area contributed by atoms with E-state index in [-0.39, 0.29) is 23.7 Å². The van der Waals surface area contributed by atoms with Crippen LogP contribution in [-0.4, -0.2) is 50.1 Å². The maximum Gasteiger partial charge on any atom is 0.291 e. The summed E-state index contributed by atoms with van der Waals surface area (Å²) in [5.41, 5.74) is 2.60. The predicted octanol–water partition coefficient (Wildman–Crippen LogP) is 3.13. The van der Waals surface area contributed by atoms with Crippen LogP contribution in [0, 0.1) is 0 Å². The third-order valence-corrected chi connectivity index (χ3v) is 4.82. The van der Waals surface area contributed by atoms with Crippen LogP contribution < -0.4 is 10.2 Å². The number of hydrogen-bond acceptors (Lipinski definition) is 5. The molecule has 0 bridgehead atoms. The lowest BCUT2D eigenvalue weighted by Gasteiger charge is -2.27. The zero-order valence-electron chi connectivity index (χ0n) is 16.6. The Labute approximate surface area is 165 Å². The zero-order valence-corrected chi connectivity index (χ0v) is 16.6. The summed E-state index contributed by atoms with van der Waals surface area (Å²) in [4.78, 5) is 28.3. The van der Waals surface area contributed by atoms with Crippen LogP contribution in [-0.2, 0) is 16.1 Å². The third kappa shape index (κ3) is 4.92. The first kappa shape index (κ1) is 19.9. The monoisotopic (exact) mass is 385 g/mol. The second-order valence-corrected chi connectivity index (χ2v) is 7.20. The Morgan fingerprint density at radius 3 is 2.68 bits per heavy atom. The Kier molecular flexibility index (Phi) is 6.36. The number of amides is 2. The fourth-order valence-electron chi connectivity index (χ4n) is 3.37. The van der Waals surface area contributed by atoms with E-state index in [1.54, 1.807) is 24.0 Å². The maximum atomic E-state index is 12.3. The molecule has 1 aliphatic rings. The second-order valence-electron chi connectivity index (χ2n) is 7.20. The van der Waals surface area contributed by atoms with Crippen LogP contribution >= 0.6 is 0 Å². The number of nitrogens with one attached hydrogen (secondary N) is 1. The third-order valence-electron chi connectivity index (χ3n) is 4.82. The number of anilines is 2. The number of furan rings is 1. The number of rotatable bonds is 7. The van der Waals surface area contributed by atoms with Gasteiger partial charge in [-0.3, -0.25) is 9.59 Å². The zero-order chi connectivity index (χ0) is 20.1. The molecule has 7 heteroatoms. The Hall–Kier alpha value is -2.80. The molecule has 1 aromatic heterocycles. The van der Waals surface area contributed by atoms with Gasteiger partial charge in [-0.25, -0.2) is 0 Å². The minimum absolute atomic E-state index is 0.00484. The van der Waals surface area contributed by atoms with Crippen molar-refractivity contribution in [3.8, 4) is 0 Å². The van der Waals surface area contributed by atoms with Gasteiger partial charge in [0.2, 0.25) is 5.91 Å². The average molecular weight is 385 g/mol. The summed E-state index contributed by atoms with van der Waals surface area (Å²) in [6.07, 6.45) is 3.57. The van der Waals surface area contributed by atoms with E-state index in [4.69, 9.17) is 9.15 Å². The average Bonchev–Trinajstić information content (AvgIpc) is 3.35. The number of benzene rings is 1. The first-order chi connectivity index (χ1) is 13.4. The summed E-state index contributed by atoms with van der Waals surface area (Å²) in [5, 5.41) is 2.85. The lowest BCUT2D eigenvalue weighted by atomic mass is 10.1. The number of nitrogens with zero attached hydrogens (tertiary/aromatic N) is 2. The molecule has 0 radical (unpaired) electrons. The van der Waals surface area contributed by atoms with Crippen molar-refractivity contribution in [1.82, 2.24) is 4.90 Å². The molecule has 0 unspecified atom stereocenters. The number of carbonyl (C=O) groups is 2. The van der Waals surface area contributed by atoms with Crippen LogP contribution in [0.25, 0.3) is 0 Å². The Balaban J connectivity index is 1.79. The van der Waals surface area contributed by atoms with Gasteiger partial charge in [-0.15, -0.1) is 0 Å². The van der Waals surface area contributed by atoms with Gasteiger partial charge in [-0.1, -0.05) is 0 Å². The van der Waals surface area contributed by atoms with Gasteiger partial charge in [-0.05, 0) is 48.7 Å². The highest BCUT2D eigenvalue weighted by Crippen LogP contribution is 2.26. The van der Waals surface area contributed by atoms with Crippen molar-refractivity contribution in [2.45, 2.75) is 32.4 Å². The standard InChI is InChI=1S/C21H27N3O4/c1-15(25)24(14-18-6-4-10-27-18)13-16-12-17(8-9-19(16)23(2)3)22-21(26)20-7-5-11-28-20/h5,7-9,11-12,18H,4,6,10,13-14H2,1-3H3,(H,22,26)/t18-/m1/s1. The quantitative estimate of drug-likeness (QED) is 0.793. The molecule has 150 valence electrons. The van der Waals surface area contributed by atoms with E-state index < -0.39 is 0 Å². The van der Waals surface area contributed by atoms with Gasteiger partial charge in [0.1, 0.15) is 0 Å². The molecule has 7 nitrogen and oxygen atoms in total. The maximum absolute atomic E-state index is 12.3. The minimum Gasteiger partial charge on any atom is -0.459 e. The van der Waals surface area contributed by atoms with Gasteiger partial charge in [-0.2, -0.15) is 0 Å². The van der Waals surface area contributed by atoms with Gasteiger partial charge < -0.3 is 24.3 Å². The molecular formula is C21H27N3O4. The Bertz CT molecular complexity index is 811. The summed E-state index contributed by atoms with van der Waals surface area (Å²) < 4.78 is 10.8. The van der Waals surface area contributed by atoms with Crippen molar-refractivity contribution in [1.29, 1.82) is 0 Å². The number of hydrogen-bond donors (Lipinski definition) is 1. The van der Waals surface area contributed by atoms with Gasteiger partial charge in [0.25, 0.3) is 5.91 Å². The SMILES string of the molecule is CC(=O)N(Cc1cc(NC(=O)c2ccco2)ccc1N(C)C)C[C@H]1CCCO1. The fourth-order valence-corrected chi connectivity index (χ4v) is 3.37. The molecule has 0 aliphatic carbocycles. The molecule has 1 saturated heterocycles. The molecule has 1 aliphatic heterocycles. The van der Waals surface area contributed by atoms with Crippen LogP contribution in [0.4, 0.5) is 11.4 Å². The van der Waals surface area contributed by atoms with E-state index in [1.165, 1.54) is 6.26 Å². The Morgan fingerprint density at radius 2 is 2.07 bits per heavy atom. The molecule has 1 fully saturated rings. The van der Waals surface area contributed by atoms with Crippen molar-refractivity contribution in [3.63, 3.8) is 0 Å². The Morgan fingerprint density at radius 1 is 1.25 bits per heavy atom. The molecule has 28 heavy (non-hydrogen) atoms. The van der Waals surface area contributed by atoms with Gasteiger partial charge in [0.15, 0.2) is 5.76 Å². The number of ether oxygens (including phenoxy) is 1. The molecule has 0 saturated carbocycles. The van der Waals surface area contributed by atoms with E-state index in [1.807, 2.05) is 37.2 Å². The van der Waals surface area contributed by atoms with Crippen molar-refractivity contribution in [3.05, 3.63) is 47.9 Å². The largest absolute Gasteiger partial charge is 0.459 e. The van der Waals surface area contributed by atoms with Crippen LogP contribution in [0.1, 0.15) is 35.9 Å². The summed E-state index contributed by atoms with van der Waals surface area (Å²) in [5.74, 6) is -0.0523. The molecule has 2 amide bonds. The van der Waals surface area contributed by atoms with E-state index in [2.05, 4.69) is 5.32 Å². The van der Waals surface area contributed by atoms with Crippen molar-refractivity contribution >= 4 is 23.2 Å². The van der Waals surface area contributed by atoms with Gasteiger partial charge in [0.05, 0.1) is 12.4 Å². The first-order valence-electron chi connectivity index (χ1n) is 9.46. The summed E-state index contributed by atoms with van der Waals surface area (Å²) in [6, 6.07) is 8.98. The predicted molar refractivity (Wildman–Crippen MR) is 107 cm³/mol. The van der Waals surface area contributed by atoms with E-state index in [9.17, 15) is 9.59 Å². The van der Waals surface area contributed by atoms with Gasteiger partial charge >= 0.3 is 0 Å². The molecule has 1 atom stereocenters. The van der Waals surface area contributed by atoms with E-state index in [0.29, 0.717) is 18.8 Å². The summed E-state index contributed by atoms with van der Waals surface area (Å²) in [7, 11) is 3.91. The number of carbonyl (C=O) groups excluding carboxylic acids is 2. The molecule has 2 aromatic rings. The van der Waals surface area contributed by atoms with Crippen molar-refractivity contribution in [2.75, 3.05) is 37.5 Å². The molecule has 1 aromatic carbocycles. The first-order valence-corrected chi connectivity index (χ1v) is 9.46. The highest BCUT2D eigenvalue weighted by atomic mass is 16.5. The van der Waals surface area contributed by atoms with E-state index in [0.717, 1.165) is 30.7 Å². The molecule has 1 N–H and O–H groups in total. The lowest BCUT2D eigenvalue weighted by Crippen LogP contribution is -2.35. The van der Waals surface area contributed by atoms with Crippen LogP contribution in [0.15, 0.2) is 41.0 Å². The van der Waals surface area contributed by atoms with Crippen molar-refractivity contribution in [2.24, 2.45) is 0 Å². The second kappa shape index (κ2) is 8.93. The topological polar surface area (TPSA) is 75.0 Å². The van der Waals surface area contributed by atoms with Gasteiger partial charge in [0, 0.05) is 52.1 Å². The van der Waals surface area contributed by atoms with E-state index >= 15 is 0 Å². The highest BCUT2D eigenvalue weighted by Gasteiger charge is 2.22. The minimum atomic E-state index is -0.309. The molecular weight excluding hydrogens is 358 g/mol. The molecule has 2 heterocycles.